The first-order valence-corrected chi connectivity index (χ1v) is 12.2. The van der Waals surface area contributed by atoms with Crippen LogP contribution in [0.4, 0.5) is 10.2 Å². The number of nitrogens with zero attached hydrogens (tertiary/aromatic N) is 5. The standard InChI is InChI=1S/C25H34FN5O3/c1-3-34-24(32)31-16-25(17-31)5-4-20(12-25)29-6-8-30(9-7-29)23-22(11-19(26)14-28-23)18-10-21(33-2)15-27-13-18/h10-11,13-15,20,24,32H,3-9,12,16-17H2,1-2H3/t20-,24?/m1/s1. The van der Waals surface area contributed by atoms with Gasteiger partial charge in [-0.1, -0.05) is 0 Å². The summed E-state index contributed by atoms with van der Waals surface area (Å²) in [4.78, 5) is 15.6. The number of hydrogen-bond donors (Lipinski definition) is 1. The van der Waals surface area contributed by atoms with E-state index in [1.54, 1.807) is 19.5 Å². The van der Waals surface area contributed by atoms with Gasteiger partial charge in [0.25, 0.3) is 0 Å². The lowest BCUT2D eigenvalue weighted by atomic mass is 9.78. The van der Waals surface area contributed by atoms with Gasteiger partial charge in [0.15, 0.2) is 0 Å². The summed E-state index contributed by atoms with van der Waals surface area (Å²) < 4.78 is 24.8. The van der Waals surface area contributed by atoms with E-state index in [1.165, 1.54) is 31.5 Å². The molecule has 9 heteroatoms. The summed E-state index contributed by atoms with van der Waals surface area (Å²) in [6.45, 7) is 7.88. The van der Waals surface area contributed by atoms with Crippen molar-refractivity contribution in [3.05, 3.63) is 36.5 Å². The van der Waals surface area contributed by atoms with Crippen molar-refractivity contribution in [1.29, 1.82) is 0 Å². The van der Waals surface area contributed by atoms with E-state index in [1.807, 2.05) is 17.9 Å². The van der Waals surface area contributed by atoms with Crippen LogP contribution in [0.1, 0.15) is 26.2 Å². The van der Waals surface area contributed by atoms with Crippen molar-refractivity contribution < 1.29 is 19.0 Å². The molecule has 2 atom stereocenters. The molecule has 184 valence electrons. The van der Waals surface area contributed by atoms with E-state index < -0.39 is 6.41 Å². The van der Waals surface area contributed by atoms with Crippen molar-refractivity contribution >= 4 is 5.82 Å². The number of halogens is 1. The SMILES string of the molecule is CCOC(O)N1CC2(CC[C@@H](N3CCN(c4ncc(F)cc4-c4cncc(OC)c4)CC3)C2)C1. The van der Waals surface area contributed by atoms with E-state index in [9.17, 15) is 9.50 Å². The molecule has 0 bridgehead atoms. The molecule has 0 aromatic carbocycles. The molecule has 3 fully saturated rings. The van der Waals surface area contributed by atoms with Gasteiger partial charge in [0, 0.05) is 69.2 Å². The summed E-state index contributed by atoms with van der Waals surface area (Å²) in [6, 6.07) is 3.98. The second-order valence-corrected chi connectivity index (χ2v) is 9.74. The lowest BCUT2D eigenvalue weighted by Crippen LogP contribution is -2.60. The highest BCUT2D eigenvalue weighted by Gasteiger charge is 2.51. The number of aliphatic hydroxyl groups is 1. The second-order valence-electron chi connectivity index (χ2n) is 9.74. The van der Waals surface area contributed by atoms with Crippen LogP contribution in [0.25, 0.3) is 11.1 Å². The van der Waals surface area contributed by atoms with E-state index in [4.69, 9.17) is 9.47 Å². The fourth-order valence-corrected chi connectivity index (χ4v) is 5.87. The lowest BCUT2D eigenvalue weighted by Gasteiger charge is -2.50. The molecule has 3 aliphatic rings. The Bertz CT molecular complexity index is 994. The minimum atomic E-state index is -0.768. The number of aromatic nitrogens is 2. The highest BCUT2D eigenvalue weighted by molar-refractivity contribution is 5.76. The Hall–Kier alpha value is -2.33. The van der Waals surface area contributed by atoms with Gasteiger partial charge in [-0.3, -0.25) is 14.8 Å². The van der Waals surface area contributed by atoms with E-state index in [0.29, 0.717) is 23.8 Å². The molecule has 2 aromatic heterocycles. The normalized spacial score (nSPS) is 23.8. The van der Waals surface area contributed by atoms with Crippen molar-refractivity contribution in [3.8, 4) is 16.9 Å². The van der Waals surface area contributed by atoms with Crippen LogP contribution in [0, 0.1) is 11.2 Å². The smallest absolute Gasteiger partial charge is 0.216 e. The molecule has 1 aliphatic carbocycles. The van der Waals surface area contributed by atoms with Gasteiger partial charge in [0.1, 0.15) is 17.4 Å². The molecule has 2 saturated heterocycles. The van der Waals surface area contributed by atoms with Gasteiger partial charge in [0.05, 0.1) is 19.5 Å². The van der Waals surface area contributed by atoms with Gasteiger partial charge in [0.2, 0.25) is 6.41 Å². The Kier molecular flexibility index (Phi) is 6.70. The number of piperazine rings is 1. The number of anilines is 1. The van der Waals surface area contributed by atoms with Crippen LogP contribution < -0.4 is 9.64 Å². The zero-order chi connectivity index (χ0) is 23.7. The minimum Gasteiger partial charge on any atom is -0.495 e. The Morgan fingerprint density at radius 1 is 1.18 bits per heavy atom. The van der Waals surface area contributed by atoms with Gasteiger partial charge in [-0.15, -0.1) is 0 Å². The maximum Gasteiger partial charge on any atom is 0.216 e. The highest BCUT2D eigenvalue weighted by atomic mass is 19.1. The minimum absolute atomic E-state index is 0.324. The summed E-state index contributed by atoms with van der Waals surface area (Å²) in [7, 11) is 1.60. The van der Waals surface area contributed by atoms with Crippen molar-refractivity contribution in [1.82, 2.24) is 19.8 Å². The van der Waals surface area contributed by atoms with Crippen molar-refractivity contribution in [2.45, 2.75) is 38.6 Å². The zero-order valence-corrected chi connectivity index (χ0v) is 20.0. The molecule has 8 nitrogen and oxygen atoms in total. The molecule has 0 amide bonds. The third kappa shape index (κ3) is 4.62. The molecule has 1 N–H and O–H groups in total. The molecule has 34 heavy (non-hydrogen) atoms. The number of aliphatic hydroxyl groups excluding tert-OH is 1. The molecule has 5 rings (SSSR count). The van der Waals surface area contributed by atoms with E-state index in [0.717, 1.165) is 56.2 Å². The van der Waals surface area contributed by atoms with Crippen molar-refractivity contribution in [3.63, 3.8) is 0 Å². The monoisotopic (exact) mass is 471 g/mol. The Labute approximate surface area is 200 Å². The van der Waals surface area contributed by atoms with Crippen LogP contribution in [0.5, 0.6) is 5.75 Å². The lowest BCUT2D eigenvalue weighted by molar-refractivity contribution is -0.238. The summed E-state index contributed by atoms with van der Waals surface area (Å²) in [5.41, 5.74) is 1.86. The predicted octanol–water partition coefficient (Wildman–Crippen LogP) is 2.58. The average Bonchev–Trinajstić information content (AvgIpc) is 3.29. The first-order valence-electron chi connectivity index (χ1n) is 12.2. The molecule has 4 heterocycles. The van der Waals surface area contributed by atoms with Gasteiger partial charge in [-0.2, -0.15) is 0 Å². The summed E-state index contributed by atoms with van der Waals surface area (Å²) in [6.07, 6.45) is 7.48. The fourth-order valence-electron chi connectivity index (χ4n) is 5.87. The Balaban J connectivity index is 1.21. The number of methoxy groups -OCH3 is 1. The third-order valence-electron chi connectivity index (χ3n) is 7.60. The molecule has 2 aliphatic heterocycles. The average molecular weight is 472 g/mol. The van der Waals surface area contributed by atoms with Crippen LogP contribution in [-0.2, 0) is 4.74 Å². The van der Waals surface area contributed by atoms with E-state index >= 15 is 0 Å². The molecule has 1 saturated carbocycles. The number of likely N-dealkylation sites (tertiary alicyclic amines) is 1. The van der Waals surface area contributed by atoms with Gasteiger partial charge < -0.3 is 19.5 Å². The molecule has 1 spiro atoms. The van der Waals surface area contributed by atoms with Crippen LogP contribution in [0.15, 0.2) is 30.7 Å². The third-order valence-corrected chi connectivity index (χ3v) is 7.60. The highest BCUT2D eigenvalue weighted by Crippen LogP contribution is 2.47. The summed E-state index contributed by atoms with van der Waals surface area (Å²) in [5.74, 6) is 1.06. The van der Waals surface area contributed by atoms with Gasteiger partial charge >= 0.3 is 0 Å². The molecular formula is C25H34FN5O3. The van der Waals surface area contributed by atoms with Crippen LogP contribution in [-0.4, -0.2) is 90.3 Å². The number of hydrogen-bond acceptors (Lipinski definition) is 8. The van der Waals surface area contributed by atoms with Crippen LogP contribution in [0.3, 0.4) is 0 Å². The molecule has 0 radical (unpaired) electrons. The summed E-state index contributed by atoms with van der Waals surface area (Å²) in [5, 5.41) is 10.1. The van der Waals surface area contributed by atoms with Crippen LogP contribution in [0.2, 0.25) is 0 Å². The number of rotatable bonds is 7. The van der Waals surface area contributed by atoms with E-state index in [-0.39, 0.29) is 5.82 Å². The maximum absolute atomic E-state index is 14.1. The van der Waals surface area contributed by atoms with Crippen molar-refractivity contribution in [2.75, 3.05) is 57.9 Å². The van der Waals surface area contributed by atoms with E-state index in [2.05, 4.69) is 19.8 Å². The predicted molar refractivity (Wildman–Crippen MR) is 127 cm³/mol. The largest absolute Gasteiger partial charge is 0.495 e. The number of pyridine rings is 2. The maximum atomic E-state index is 14.1. The quantitative estimate of drug-likeness (QED) is 0.618. The number of ether oxygens (including phenoxy) is 2. The first-order chi connectivity index (χ1) is 16.5. The van der Waals surface area contributed by atoms with Crippen LogP contribution >= 0.6 is 0 Å². The topological polar surface area (TPSA) is 74.2 Å². The Morgan fingerprint density at radius 3 is 2.71 bits per heavy atom. The fraction of sp³-hybridized carbons (Fsp3) is 0.600. The summed E-state index contributed by atoms with van der Waals surface area (Å²) >= 11 is 0. The Morgan fingerprint density at radius 2 is 1.97 bits per heavy atom. The molecular weight excluding hydrogens is 437 g/mol. The zero-order valence-electron chi connectivity index (χ0n) is 20.0. The second kappa shape index (κ2) is 9.73. The molecule has 2 aromatic rings. The molecule has 1 unspecified atom stereocenters. The van der Waals surface area contributed by atoms with Gasteiger partial charge in [-0.25, -0.2) is 9.37 Å². The van der Waals surface area contributed by atoms with Crippen molar-refractivity contribution in [2.24, 2.45) is 5.41 Å². The van der Waals surface area contributed by atoms with Gasteiger partial charge in [-0.05, 0) is 43.7 Å². The first kappa shape index (κ1) is 23.4.